The number of aromatic amines is 1. The van der Waals surface area contributed by atoms with Crippen molar-refractivity contribution in [3.05, 3.63) is 42.5 Å². The van der Waals surface area contributed by atoms with Gasteiger partial charge in [-0.25, -0.2) is 19.7 Å². The lowest BCUT2D eigenvalue weighted by Gasteiger charge is -2.13. The molecule has 0 radical (unpaired) electrons. The van der Waals surface area contributed by atoms with Crippen LogP contribution in [0.3, 0.4) is 0 Å². The molecule has 3 rings (SSSR count). The van der Waals surface area contributed by atoms with Gasteiger partial charge in [0.1, 0.15) is 17.6 Å². The van der Waals surface area contributed by atoms with Crippen LogP contribution in [0.5, 0.6) is 5.75 Å². The number of hydrogen-bond acceptors (Lipinski definition) is 7. The lowest BCUT2D eigenvalue weighted by molar-refractivity contribution is -0.123. The molecule has 0 aliphatic heterocycles. The Bertz CT molecular complexity index is 908. The maximum absolute atomic E-state index is 12.2. The minimum atomic E-state index is -1.06. The van der Waals surface area contributed by atoms with Crippen molar-refractivity contribution in [2.45, 2.75) is 13.0 Å². The highest BCUT2D eigenvalue weighted by Crippen LogP contribution is 2.16. The SMILES string of the molecule is C[C@H](OC(=O)c1cccc(O)c1)C(=O)Nc1ncnc2nc[nH]c12. The van der Waals surface area contributed by atoms with Gasteiger partial charge in [0, 0.05) is 0 Å². The highest BCUT2D eigenvalue weighted by molar-refractivity contribution is 6.00. The Morgan fingerprint density at radius 3 is 2.92 bits per heavy atom. The van der Waals surface area contributed by atoms with Gasteiger partial charge in [0.25, 0.3) is 5.91 Å². The van der Waals surface area contributed by atoms with Crippen molar-refractivity contribution < 1.29 is 19.4 Å². The van der Waals surface area contributed by atoms with E-state index in [9.17, 15) is 14.7 Å². The predicted octanol–water partition coefficient (Wildman–Crippen LogP) is 1.24. The molecule has 3 N–H and O–H groups in total. The number of carbonyl (C=O) groups is 2. The molecule has 0 fully saturated rings. The smallest absolute Gasteiger partial charge is 0.339 e. The Morgan fingerprint density at radius 1 is 1.29 bits per heavy atom. The number of aromatic hydroxyl groups is 1. The summed E-state index contributed by atoms with van der Waals surface area (Å²) < 4.78 is 5.09. The molecule has 1 amide bonds. The van der Waals surface area contributed by atoms with E-state index in [1.54, 1.807) is 0 Å². The van der Waals surface area contributed by atoms with Crippen LogP contribution in [0.4, 0.5) is 5.82 Å². The maximum Gasteiger partial charge on any atom is 0.339 e. The first kappa shape index (κ1) is 15.4. The predicted molar refractivity (Wildman–Crippen MR) is 83.3 cm³/mol. The Morgan fingerprint density at radius 2 is 2.12 bits per heavy atom. The van der Waals surface area contributed by atoms with Crippen molar-refractivity contribution in [2.24, 2.45) is 0 Å². The van der Waals surface area contributed by atoms with E-state index in [0.717, 1.165) is 0 Å². The quantitative estimate of drug-likeness (QED) is 0.615. The maximum atomic E-state index is 12.2. The summed E-state index contributed by atoms with van der Waals surface area (Å²) in [6.07, 6.45) is 1.63. The van der Waals surface area contributed by atoms with Crippen molar-refractivity contribution in [2.75, 3.05) is 5.32 Å². The zero-order valence-corrected chi connectivity index (χ0v) is 12.6. The van der Waals surface area contributed by atoms with E-state index in [1.807, 2.05) is 0 Å². The van der Waals surface area contributed by atoms with Crippen LogP contribution in [-0.2, 0) is 9.53 Å². The van der Waals surface area contributed by atoms with Gasteiger partial charge in [0.2, 0.25) is 0 Å². The molecule has 24 heavy (non-hydrogen) atoms. The molecule has 122 valence electrons. The number of amides is 1. The number of esters is 1. The van der Waals surface area contributed by atoms with Gasteiger partial charge in [0.05, 0.1) is 11.9 Å². The monoisotopic (exact) mass is 327 g/mol. The molecular formula is C15H13N5O4. The van der Waals surface area contributed by atoms with E-state index >= 15 is 0 Å². The third kappa shape index (κ3) is 3.14. The van der Waals surface area contributed by atoms with Crippen LogP contribution in [0.2, 0.25) is 0 Å². The fourth-order valence-electron chi connectivity index (χ4n) is 1.99. The first-order valence-electron chi connectivity index (χ1n) is 6.99. The zero-order chi connectivity index (χ0) is 17.1. The molecule has 0 bridgehead atoms. The third-order valence-electron chi connectivity index (χ3n) is 3.20. The number of fused-ring (bicyclic) bond motifs is 1. The lowest BCUT2D eigenvalue weighted by atomic mass is 10.2. The second-order valence-electron chi connectivity index (χ2n) is 4.91. The topological polar surface area (TPSA) is 130 Å². The number of phenols is 1. The largest absolute Gasteiger partial charge is 0.508 e. The summed E-state index contributed by atoms with van der Waals surface area (Å²) >= 11 is 0. The molecule has 0 saturated carbocycles. The van der Waals surface area contributed by atoms with Crippen LogP contribution in [0.1, 0.15) is 17.3 Å². The average molecular weight is 327 g/mol. The minimum absolute atomic E-state index is 0.0656. The van der Waals surface area contributed by atoms with Crippen molar-refractivity contribution in [3.63, 3.8) is 0 Å². The van der Waals surface area contributed by atoms with Gasteiger partial charge in [-0.05, 0) is 25.1 Å². The van der Waals surface area contributed by atoms with Crippen LogP contribution in [0.25, 0.3) is 11.2 Å². The molecule has 3 aromatic rings. The summed E-state index contributed by atoms with van der Waals surface area (Å²) in [6, 6.07) is 5.67. The van der Waals surface area contributed by atoms with Crippen molar-refractivity contribution in [1.29, 1.82) is 0 Å². The Kier molecular flexibility index (Phi) is 4.06. The van der Waals surface area contributed by atoms with E-state index < -0.39 is 18.0 Å². The van der Waals surface area contributed by atoms with Gasteiger partial charge in [0.15, 0.2) is 17.6 Å². The molecule has 1 atom stereocenters. The number of hydrogen-bond donors (Lipinski definition) is 3. The highest BCUT2D eigenvalue weighted by Gasteiger charge is 2.20. The van der Waals surface area contributed by atoms with Gasteiger partial charge >= 0.3 is 5.97 Å². The number of anilines is 1. The number of aromatic nitrogens is 4. The summed E-state index contributed by atoms with van der Waals surface area (Å²) in [5.74, 6) is -1.10. The fourth-order valence-corrected chi connectivity index (χ4v) is 1.99. The molecule has 0 aliphatic carbocycles. The van der Waals surface area contributed by atoms with Crippen molar-refractivity contribution in [1.82, 2.24) is 19.9 Å². The number of phenolic OH excluding ortho intramolecular Hbond substituents is 1. The number of rotatable bonds is 4. The Hall–Kier alpha value is -3.49. The van der Waals surface area contributed by atoms with E-state index in [0.29, 0.717) is 11.2 Å². The second-order valence-corrected chi connectivity index (χ2v) is 4.91. The second kappa shape index (κ2) is 6.32. The van der Waals surface area contributed by atoms with Crippen LogP contribution < -0.4 is 5.32 Å². The van der Waals surface area contributed by atoms with Crippen LogP contribution in [0.15, 0.2) is 36.9 Å². The molecule has 9 heteroatoms. The molecule has 2 aromatic heterocycles. The molecule has 1 aromatic carbocycles. The van der Waals surface area contributed by atoms with Gasteiger partial charge in [-0.3, -0.25) is 4.79 Å². The number of nitrogens with zero attached hydrogens (tertiary/aromatic N) is 3. The lowest BCUT2D eigenvalue weighted by Crippen LogP contribution is -2.30. The summed E-state index contributed by atoms with van der Waals surface area (Å²) in [7, 11) is 0. The molecule has 2 heterocycles. The number of benzene rings is 1. The van der Waals surface area contributed by atoms with Crippen LogP contribution >= 0.6 is 0 Å². The van der Waals surface area contributed by atoms with Crippen LogP contribution in [-0.4, -0.2) is 43.0 Å². The molecule has 9 nitrogen and oxygen atoms in total. The third-order valence-corrected chi connectivity index (χ3v) is 3.20. The molecule has 0 aliphatic rings. The first-order chi connectivity index (χ1) is 11.5. The highest BCUT2D eigenvalue weighted by atomic mass is 16.5. The van der Waals surface area contributed by atoms with Crippen molar-refractivity contribution >= 4 is 28.9 Å². The Labute approximate surface area is 135 Å². The number of nitrogens with one attached hydrogen (secondary N) is 2. The number of imidazole rings is 1. The van der Waals surface area contributed by atoms with E-state index in [4.69, 9.17) is 4.74 Å². The standard InChI is InChI=1S/C15H13N5O4/c1-8(24-15(23)9-3-2-4-10(21)5-9)14(22)20-13-11-12(17-6-16-11)18-7-19-13/h2-8,21H,1H3,(H2,16,17,18,19,20,22)/t8-/m0/s1. The normalized spacial score (nSPS) is 11.9. The molecule has 0 spiro atoms. The van der Waals surface area contributed by atoms with E-state index in [-0.39, 0.29) is 17.1 Å². The molecule has 0 saturated heterocycles. The van der Waals surface area contributed by atoms with Gasteiger partial charge in [-0.15, -0.1) is 0 Å². The van der Waals surface area contributed by atoms with E-state index in [2.05, 4.69) is 25.3 Å². The van der Waals surface area contributed by atoms with Crippen molar-refractivity contribution in [3.8, 4) is 5.75 Å². The van der Waals surface area contributed by atoms with Gasteiger partial charge in [-0.2, -0.15) is 0 Å². The summed E-state index contributed by atoms with van der Waals surface area (Å²) in [5.41, 5.74) is 1.02. The summed E-state index contributed by atoms with van der Waals surface area (Å²) in [6.45, 7) is 1.43. The van der Waals surface area contributed by atoms with Crippen LogP contribution in [0, 0.1) is 0 Å². The molecule has 0 unspecified atom stereocenters. The number of H-pyrrole nitrogens is 1. The first-order valence-corrected chi connectivity index (χ1v) is 6.99. The van der Waals surface area contributed by atoms with Gasteiger partial charge < -0.3 is 20.1 Å². The van der Waals surface area contributed by atoms with Gasteiger partial charge in [-0.1, -0.05) is 6.07 Å². The zero-order valence-electron chi connectivity index (χ0n) is 12.6. The van der Waals surface area contributed by atoms with E-state index in [1.165, 1.54) is 43.8 Å². The fraction of sp³-hybridized carbons (Fsp3) is 0.133. The Balaban J connectivity index is 1.69. The number of ether oxygens (including phenoxy) is 1. The number of carbonyl (C=O) groups excluding carboxylic acids is 2. The summed E-state index contributed by atoms with van der Waals surface area (Å²) in [4.78, 5) is 38.8. The molecular weight excluding hydrogens is 314 g/mol. The summed E-state index contributed by atoms with van der Waals surface area (Å²) in [5, 5.41) is 11.9. The average Bonchev–Trinajstić information content (AvgIpc) is 3.04. The minimum Gasteiger partial charge on any atom is -0.508 e.